The van der Waals surface area contributed by atoms with Crippen molar-refractivity contribution >= 4 is 44.4 Å². The summed E-state index contributed by atoms with van der Waals surface area (Å²) in [5, 5.41) is 1.04. The van der Waals surface area contributed by atoms with Gasteiger partial charge in [-0.2, -0.15) is 0 Å². The quantitative estimate of drug-likeness (QED) is 0.612. The number of nitrogens with zero attached hydrogens (tertiary/aromatic N) is 3. The van der Waals surface area contributed by atoms with Crippen molar-refractivity contribution in [3.63, 3.8) is 0 Å². The van der Waals surface area contributed by atoms with E-state index in [9.17, 15) is 4.79 Å². The molecule has 0 saturated carbocycles. The molecule has 0 unspecified atom stereocenters. The molecule has 5 nitrogen and oxygen atoms in total. The fraction of sp³-hybridized carbons (Fsp3) is 0.300. The van der Waals surface area contributed by atoms with E-state index in [1.807, 2.05) is 35.2 Å². The monoisotopic (exact) mass is 399 g/mol. The summed E-state index contributed by atoms with van der Waals surface area (Å²) in [4.78, 5) is 22.6. The van der Waals surface area contributed by atoms with Gasteiger partial charge in [-0.1, -0.05) is 29.5 Å². The molecule has 0 radical (unpaired) electrons. The molecule has 1 aromatic heterocycles. The van der Waals surface area contributed by atoms with Crippen LogP contribution in [0.5, 0.6) is 5.75 Å². The Balaban J connectivity index is 1.33. The number of rotatable bonds is 5. The van der Waals surface area contributed by atoms with E-state index < -0.39 is 0 Å². The van der Waals surface area contributed by atoms with Gasteiger partial charge >= 0.3 is 0 Å². The van der Waals surface area contributed by atoms with Gasteiger partial charge in [0.25, 0.3) is 5.91 Å². The summed E-state index contributed by atoms with van der Waals surface area (Å²) in [6, 6.07) is 15.8. The van der Waals surface area contributed by atoms with Gasteiger partial charge in [-0.25, -0.2) is 4.98 Å². The third-order valence-electron chi connectivity index (χ3n) is 4.59. The number of anilines is 1. The predicted molar refractivity (Wildman–Crippen MR) is 112 cm³/mol. The van der Waals surface area contributed by atoms with Crippen molar-refractivity contribution in [3.8, 4) is 5.75 Å². The number of fused-ring (bicyclic) bond motifs is 1. The van der Waals surface area contributed by atoms with E-state index >= 15 is 0 Å². The van der Waals surface area contributed by atoms with Crippen LogP contribution in [0, 0.1) is 0 Å². The maximum atomic E-state index is 12.4. The Morgan fingerprint density at radius 1 is 1.15 bits per heavy atom. The number of piperazine rings is 1. The summed E-state index contributed by atoms with van der Waals surface area (Å²) in [6.45, 7) is 3.08. The van der Waals surface area contributed by atoms with Crippen molar-refractivity contribution in [1.29, 1.82) is 0 Å². The molecule has 4 rings (SSSR count). The van der Waals surface area contributed by atoms with Crippen LogP contribution in [0.15, 0.2) is 53.4 Å². The van der Waals surface area contributed by atoms with Crippen LogP contribution < -0.4 is 9.64 Å². The molecule has 2 heterocycles. The molecule has 3 aromatic rings. The smallest absolute Gasteiger partial charge is 0.260 e. The molecule has 1 aliphatic heterocycles. The van der Waals surface area contributed by atoms with E-state index in [1.165, 1.54) is 9.60 Å². The zero-order chi connectivity index (χ0) is 18.6. The van der Waals surface area contributed by atoms with Gasteiger partial charge < -0.3 is 14.5 Å². The lowest BCUT2D eigenvalue weighted by Crippen LogP contribution is -2.50. The highest BCUT2D eigenvalue weighted by Crippen LogP contribution is 2.32. The Morgan fingerprint density at radius 3 is 2.67 bits per heavy atom. The first-order chi connectivity index (χ1) is 13.2. The maximum absolute atomic E-state index is 12.4. The van der Waals surface area contributed by atoms with Gasteiger partial charge in [0, 0.05) is 31.1 Å². The normalized spacial score (nSPS) is 14.6. The standard InChI is InChI=1S/C20H21N3O2S2/c1-26-16-7-8-17-18(13-16)27-20(21-17)23-11-9-22(10-12-23)19(24)14-25-15-5-3-2-4-6-15/h2-8,13H,9-12,14H2,1H3. The first-order valence-electron chi connectivity index (χ1n) is 8.88. The minimum atomic E-state index is 0.0346. The summed E-state index contributed by atoms with van der Waals surface area (Å²) in [7, 11) is 0. The number of thiazole rings is 1. The molecular weight excluding hydrogens is 378 g/mol. The summed E-state index contributed by atoms with van der Waals surface area (Å²) in [5.41, 5.74) is 1.04. The lowest BCUT2D eigenvalue weighted by atomic mass is 10.3. The highest BCUT2D eigenvalue weighted by molar-refractivity contribution is 7.98. The van der Waals surface area contributed by atoms with Crippen LogP contribution in [0.25, 0.3) is 10.2 Å². The van der Waals surface area contributed by atoms with Crippen molar-refractivity contribution in [2.45, 2.75) is 4.90 Å². The van der Waals surface area contributed by atoms with Gasteiger partial charge in [0.15, 0.2) is 11.7 Å². The molecule has 1 saturated heterocycles. The average molecular weight is 400 g/mol. The van der Waals surface area contributed by atoms with Gasteiger partial charge in [-0.15, -0.1) is 11.8 Å². The molecule has 0 spiro atoms. The van der Waals surface area contributed by atoms with Crippen LogP contribution in [-0.4, -0.2) is 54.8 Å². The number of hydrogen-bond acceptors (Lipinski definition) is 6. The number of amides is 1. The van der Waals surface area contributed by atoms with Gasteiger partial charge in [-0.3, -0.25) is 4.79 Å². The van der Waals surface area contributed by atoms with Crippen molar-refractivity contribution in [2.24, 2.45) is 0 Å². The Morgan fingerprint density at radius 2 is 1.93 bits per heavy atom. The molecule has 1 fully saturated rings. The van der Waals surface area contributed by atoms with Gasteiger partial charge in [0.1, 0.15) is 5.75 Å². The zero-order valence-corrected chi connectivity index (χ0v) is 16.8. The topological polar surface area (TPSA) is 45.7 Å². The first kappa shape index (κ1) is 18.1. The second-order valence-electron chi connectivity index (χ2n) is 6.30. The third-order valence-corrected chi connectivity index (χ3v) is 6.40. The zero-order valence-electron chi connectivity index (χ0n) is 15.1. The van der Waals surface area contributed by atoms with Crippen LogP contribution >= 0.6 is 23.1 Å². The highest BCUT2D eigenvalue weighted by Gasteiger charge is 2.23. The minimum absolute atomic E-state index is 0.0346. The van der Waals surface area contributed by atoms with Gasteiger partial charge in [0.05, 0.1) is 10.2 Å². The number of ether oxygens (including phenoxy) is 1. The molecule has 2 aromatic carbocycles. The molecule has 7 heteroatoms. The van der Waals surface area contributed by atoms with E-state index in [1.54, 1.807) is 23.1 Å². The molecule has 0 atom stereocenters. The SMILES string of the molecule is CSc1ccc2nc(N3CCN(C(=O)COc4ccccc4)CC3)sc2c1. The van der Waals surface area contributed by atoms with Gasteiger partial charge in [-0.05, 0) is 36.6 Å². The van der Waals surface area contributed by atoms with E-state index in [0.717, 1.165) is 29.5 Å². The summed E-state index contributed by atoms with van der Waals surface area (Å²) in [6.07, 6.45) is 2.08. The fourth-order valence-corrected chi connectivity index (χ4v) is 4.63. The number of carbonyl (C=O) groups excluding carboxylic acids is 1. The van der Waals surface area contributed by atoms with Gasteiger partial charge in [0.2, 0.25) is 0 Å². The molecule has 140 valence electrons. The van der Waals surface area contributed by atoms with Crippen LogP contribution in [0.2, 0.25) is 0 Å². The minimum Gasteiger partial charge on any atom is -0.484 e. The Kier molecular flexibility index (Phi) is 5.50. The molecule has 1 aliphatic rings. The lowest BCUT2D eigenvalue weighted by molar-refractivity contribution is -0.133. The van der Waals surface area contributed by atoms with Crippen LogP contribution in [0.3, 0.4) is 0 Å². The summed E-state index contributed by atoms with van der Waals surface area (Å²) < 4.78 is 6.79. The van der Waals surface area contributed by atoms with Crippen molar-refractivity contribution < 1.29 is 9.53 Å². The predicted octanol–water partition coefficient (Wildman–Crippen LogP) is 3.75. The molecule has 27 heavy (non-hydrogen) atoms. The third kappa shape index (κ3) is 4.20. The Hall–Kier alpha value is -2.25. The first-order valence-corrected chi connectivity index (χ1v) is 10.9. The molecule has 1 amide bonds. The summed E-state index contributed by atoms with van der Waals surface area (Å²) >= 11 is 3.47. The number of thioether (sulfide) groups is 1. The second kappa shape index (κ2) is 8.19. The Labute approximate surface area is 166 Å². The largest absolute Gasteiger partial charge is 0.484 e. The van der Waals surface area contributed by atoms with E-state index in [0.29, 0.717) is 13.1 Å². The number of aromatic nitrogens is 1. The molecule has 0 N–H and O–H groups in total. The van der Waals surface area contributed by atoms with Crippen molar-refractivity contribution in [3.05, 3.63) is 48.5 Å². The number of para-hydroxylation sites is 1. The Bertz CT molecular complexity index is 921. The molecule has 0 aliphatic carbocycles. The molecule has 0 bridgehead atoms. The van der Waals surface area contributed by atoms with Crippen LogP contribution in [0.4, 0.5) is 5.13 Å². The maximum Gasteiger partial charge on any atom is 0.260 e. The summed E-state index contributed by atoms with van der Waals surface area (Å²) in [5.74, 6) is 0.760. The fourth-order valence-electron chi connectivity index (χ4n) is 3.06. The highest BCUT2D eigenvalue weighted by atomic mass is 32.2. The average Bonchev–Trinajstić information content (AvgIpc) is 3.16. The molecular formula is C20H21N3O2S2. The van der Waals surface area contributed by atoms with E-state index in [2.05, 4.69) is 29.4 Å². The van der Waals surface area contributed by atoms with Crippen molar-refractivity contribution in [2.75, 3.05) is 43.9 Å². The van der Waals surface area contributed by atoms with E-state index in [4.69, 9.17) is 9.72 Å². The second-order valence-corrected chi connectivity index (χ2v) is 8.19. The number of benzene rings is 2. The number of hydrogen-bond donors (Lipinski definition) is 0. The lowest BCUT2D eigenvalue weighted by Gasteiger charge is -2.34. The van der Waals surface area contributed by atoms with Crippen LogP contribution in [0.1, 0.15) is 0 Å². The van der Waals surface area contributed by atoms with E-state index in [-0.39, 0.29) is 12.5 Å². The van der Waals surface area contributed by atoms with Crippen LogP contribution in [-0.2, 0) is 4.79 Å². The van der Waals surface area contributed by atoms with Crippen molar-refractivity contribution in [1.82, 2.24) is 9.88 Å². The number of carbonyl (C=O) groups is 1.